The van der Waals surface area contributed by atoms with E-state index in [0.29, 0.717) is 0 Å². The predicted molar refractivity (Wildman–Crippen MR) is 112 cm³/mol. The highest BCUT2D eigenvalue weighted by Crippen LogP contribution is 2.29. The van der Waals surface area contributed by atoms with Crippen molar-refractivity contribution in [2.24, 2.45) is 16.3 Å². The lowest BCUT2D eigenvalue weighted by Gasteiger charge is -2.29. The normalized spacial score (nSPS) is 13.9. The van der Waals surface area contributed by atoms with Crippen molar-refractivity contribution in [3.63, 3.8) is 0 Å². The summed E-state index contributed by atoms with van der Waals surface area (Å²) in [7, 11) is 1.76. The minimum absolute atomic E-state index is 0.0124. The molecule has 27 heavy (non-hydrogen) atoms. The smallest absolute Gasteiger partial charge is 0.223 e. The van der Waals surface area contributed by atoms with Gasteiger partial charge in [0, 0.05) is 26.1 Å². The highest BCUT2D eigenvalue weighted by molar-refractivity contribution is 6.06. The van der Waals surface area contributed by atoms with E-state index in [-0.39, 0.29) is 17.2 Å². The lowest BCUT2D eigenvalue weighted by atomic mass is 9.77. The summed E-state index contributed by atoms with van der Waals surface area (Å²) in [5, 5.41) is 11.5. The van der Waals surface area contributed by atoms with Gasteiger partial charge in [-0.05, 0) is 44.1 Å². The van der Waals surface area contributed by atoms with Gasteiger partial charge in [0.1, 0.15) is 5.69 Å². The number of amides is 1. The Labute approximate surface area is 164 Å². The van der Waals surface area contributed by atoms with Crippen molar-refractivity contribution in [3.8, 4) is 0 Å². The summed E-state index contributed by atoms with van der Waals surface area (Å²) in [5.74, 6) is 0.281. The molecule has 6 heteroatoms. The molecule has 0 spiro atoms. The van der Waals surface area contributed by atoms with Crippen LogP contribution in [0.25, 0.3) is 0 Å². The lowest BCUT2D eigenvalue weighted by Crippen LogP contribution is -2.38. The van der Waals surface area contributed by atoms with Crippen molar-refractivity contribution in [3.05, 3.63) is 24.0 Å². The topological polar surface area (TPSA) is 72.2 Å². The summed E-state index contributed by atoms with van der Waals surface area (Å²) in [6, 6.07) is 0. The predicted octanol–water partition coefficient (Wildman–Crippen LogP) is 4.02. The Balaban J connectivity index is 2.31. The molecule has 1 atom stereocenters. The van der Waals surface area contributed by atoms with Crippen LogP contribution in [0.5, 0.6) is 0 Å². The van der Waals surface area contributed by atoms with E-state index in [1.165, 1.54) is 0 Å². The largest absolute Gasteiger partial charge is 0.356 e. The third-order valence-corrected chi connectivity index (χ3v) is 4.67. The SMILES string of the molecule is C/C=C\C(=NC)c1cn(CCCCCNC(=O)C(CCC)C(C)(C)C)nn1. The number of nitrogens with one attached hydrogen (secondary N) is 1. The second-order valence-corrected chi connectivity index (χ2v) is 8.03. The number of rotatable bonds is 11. The highest BCUT2D eigenvalue weighted by atomic mass is 16.1. The number of carbonyl (C=O) groups is 1. The molecule has 1 rings (SSSR count). The number of unbranched alkanes of at least 4 members (excludes halogenated alkanes) is 2. The number of aliphatic imine (C=N–C) groups is 1. The molecule has 1 heterocycles. The van der Waals surface area contributed by atoms with Gasteiger partial charge in [0.05, 0.1) is 11.9 Å². The number of aromatic nitrogens is 3. The lowest BCUT2D eigenvalue weighted by molar-refractivity contribution is -0.128. The molecule has 0 bridgehead atoms. The Bertz CT molecular complexity index is 625. The molecule has 1 aromatic rings. The van der Waals surface area contributed by atoms with Crippen molar-refractivity contribution >= 4 is 11.6 Å². The maximum Gasteiger partial charge on any atom is 0.223 e. The van der Waals surface area contributed by atoms with E-state index in [1.54, 1.807) is 7.05 Å². The van der Waals surface area contributed by atoms with Gasteiger partial charge in [0.2, 0.25) is 5.91 Å². The molecular weight excluding hydrogens is 338 g/mol. The van der Waals surface area contributed by atoms with E-state index < -0.39 is 0 Å². The first kappa shape index (κ1) is 23.1. The quantitative estimate of drug-likeness (QED) is 0.469. The molecule has 0 aliphatic rings. The van der Waals surface area contributed by atoms with Crippen LogP contribution in [0.4, 0.5) is 0 Å². The van der Waals surface area contributed by atoms with E-state index in [1.807, 2.05) is 30.0 Å². The van der Waals surface area contributed by atoms with Gasteiger partial charge in [-0.1, -0.05) is 45.4 Å². The molecule has 1 N–H and O–H groups in total. The minimum atomic E-state index is 0.0124. The highest BCUT2D eigenvalue weighted by Gasteiger charge is 2.29. The Morgan fingerprint density at radius 1 is 1.33 bits per heavy atom. The van der Waals surface area contributed by atoms with Crippen molar-refractivity contribution in [1.82, 2.24) is 20.3 Å². The molecule has 6 nitrogen and oxygen atoms in total. The van der Waals surface area contributed by atoms with Crippen LogP contribution in [-0.4, -0.2) is 40.2 Å². The second kappa shape index (κ2) is 11.7. The van der Waals surface area contributed by atoms with Crippen molar-refractivity contribution in [1.29, 1.82) is 0 Å². The zero-order chi connectivity index (χ0) is 20.3. The van der Waals surface area contributed by atoms with E-state index in [9.17, 15) is 4.79 Å². The average Bonchev–Trinajstić information content (AvgIpc) is 3.07. The molecule has 1 aromatic heterocycles. The monoisotopic (exact) mass is 375 g/mol. The maximum atomic E-state index is 12.4. The summed E-state index contributed by atoms with van der Waals surface area (Å²) in [4.78, 5) is 16.6. The number of nitrogens with zero attached hydrogens (tertiary/aromatic N) is 4. The van der Waals surface area contributed by atoms with Crippen LogP contribution in [-0.2, 0) is 11.3 Å². The van der Waals surface area contributed by atoms with Crippen molar-refractivity contribution < 1.29 is 4.79 Å². The van der Waals surface area contributed by atoms with Crippen LogP contribution in [0.15, 0.2) is 23.3 Å². The first-order valence-electron chi connectivity index (χ1n) is 10.1. The standard InChI is InChI=1S/C21H37N5O/c1-7-12-17(21(3,4)5)20(27)23-14-10-9-11-15-26-16-19(24-25-26)18(22-6)13-8-2/h8,13,16-17H,7,9-12,14-15H2,1-6H3,(H,23,27)/b13-8-,22-18?. The summed E-state index contributed by atoms with van der Waals surface area (Å²) in [6.45, 7) is 12.1. The third kappa shape index (κ3) is 8.06. The number of hydrogen-bond acceptors (Lipinski definition) is 4. The molecular formula is C21H37N5O. The van der Waals surface area contributed by atoms with Crippen LogP contribution < -0.4 is 5.32 Å². The van der Waals surface area contributed by atoms with E-state index >= 15 is 0 Å². The Kier molecular flexibility index (Phi) is 9.97. The van der Waals surface area contributed by atoms with Gasteiger partial charge >= 0.3 is 0 Å². The fourth-order valence-electron chi connectivity index (χ4n) is 3.11. The molecule has 0 aliphatic heterocycles. The summed E-state index contributed by atoms with van der Waals surface area (Å²) in [5.41, 5.74) is 1.65. The summed E-state index contributed by atoms with van der Waals surface area (Å²) >= 11 is 0. The van der Waals surface area contributed by atoms with Gasteiger partial charge < -0.3 is 5.32 Å². The number of allylic oxidation sites excluding steroid dienone is 2. The molecule has 0 saturated carbocycles. The van der Waals surface area contributed by atoms with Crippen molar-refractivity contribution in [2.45, 2.75) is 73.3 Å². The zero-order valence-corrected chi connectivity index (χ0v) is 18.0. The van der Waals surface area contributed by atoms with Crippen LogP contribution in [0.1, 0.15) is 72.4 Å². The number of aryl methyl sites for hydroxylation is 1. The first-order chi connectivity index (χ1) is 12.8. The number of hydrogen-bond donors (Lipinski definition) is 1. The van der Waals surface area contributed by atoms with E-state index in [0.717, 1.165) is 56.6 Å². The molecule has 0 fully saturated rings. The van der Waals surface area contributed by atoms with E-state index in [4.69, 9.17) is 0 Å². The first-order valence-corrected chi connectivity index (χ1v) is 10.1. The Morgan fingerprint density at radius 2 is 2.07 bits per heavy atom. The molecule has 152 valence electrons. The van der Waals surface area contributed by atoms with Gasteiger partial charge in [0.25, 0.3) is 0 Å². The van der Waals surface area contributed by atoms with E-state index in [2.05, 4.69) is 48.3 Å². The van der Waals surface area contributed by atoms with Crippen molar-refractivity contribution in [2.75, 3.05) is 13.6 Å². The molecule has 1 amide bonds. The fraction of sp³-hybridized carbons (Fsp3) is 0.714. The molecule has 0 radical (unpaired) electrons. The third-order valence-electron chi connectivity index (χ3n) is 4.67. The summed E-state index contributed by atoms with van der Waals surface area (Å²) in [6.07, 6.45) is 10.8. The van der Waals surface area contributed by atoms with Gasteiger partial charge in [-0.25, -0.2) is 0 Å². The molecule has 0 saturated heterocycles. The van der Waals surface area contributed by atoms with Gasteiger partial charge in [-0.2, -0.15) is 0 Å². The zero-order valence-electron chi connectivity index (χ0n) is 18.0. The van der Waals surface area contributed by atoms with Crippen LogP contribution in [0.3, 0.4) is 0 Å². The van der Waals surface area contributed by atoms with Crippen LogP contribution in [0.2, 0.25) is 0 Å². The van der Waals surface area contributed by atoms with Crippen LogP contribution >= 0.6 is 0 Å². The second-order valence-electron chi connectivity index (χ2n) is 8.03. The fourth-order valence-corrected chi connectivity index (χ4v) is 3.11. The Morgan fingerprint density at radius 3 is 2.67 bits per heavy atom. The van der Waals surface area contributed by atoms with Gasteiger partial charge in [-0.15, -0.1) is 5.10 Å². The number of carbonyl (C=O) groups excluding carboxylic acids is 1. The Hall–Kier alpha value is -1.98. The van der Waals surface area contributed by atoms with Gasteiger partial charge in [0.15, 0.2) is 0 Å². The molecule has 1 unspecified atom stereocenters. The maximum absolute atomic E-state index is 12.4. The summed E-state index contributed by atoms with van der Waals surface area (Å²) < 4.78 is 1.86. The molecule has 0 aromatic carbocycles. The molecule has 0 aliphatic carbocycles. The minimum Gasteiger partial charge on any atom is -0.356 e. The van der Waals surface area contributed by atoms with Crippen LogP contribution in [0, 0.1) is 11.3 Å². The van der Waals surface area contributed by atoms with Gasteiger partial charge in [-0.3, -0.25) is 14.5 Å². The average molecular weight is 376 g/mol.